The molecule has 0 aliphatic rings. The van der Waals surface area contributed by atoms with Gasteiger partial charge in [0.2, 0.25) is 0 Å². The van der Waals surface area contributed by atoms with E-state index in [0.29, 0.717) is 5.03 Å². The van der Waals surface area contributed by atoms with Crippen LogP contribution in [0.2, 0.25) is 0 Å². The van der Waals surface area contributed by atoms with Crippen molar-refractivity contribution in [2.45, 2.75) is 0 Å². The van der Waals surface area contributed by atoms with E-state index in [1.807, 2.05) is 25.1 Å². The van der Waals surface area contributed by atoms with Crippen LogP contribution in [0.5, 0.6) is 0 Å². The summed E-state index contributed by atoms with van der Waals surface area (Å²) < 4.78 is 0. The summed E-state index contributed by atoms with van der Waals surface area (Å²) in [5.74, 6) is 0. The minimum Gasteiger partial charge on any atom is -0.378 e. The third-order valence-electron chi connectivity index (χ3n) is 1.22. The van der Waals surface area contributed by atoms with Gasteiger partial charge < -0.3 is 4.90 Å². The largest absolute Gasteiger partial charge is 0.378 e. The van der Waals surface area contributed by atoms with Crippen LogP contribution in [0.25, 0.3) is 0 Å². The van der Waals surface area contributed by atoms with Crippen molar-refractivity contribution >= 4 is 11.6 Å². The molecule has 0 saturated heterocycles. The SMILES string of the molecule is [CH]=CC=C(C=CC(=C)Cl)N(C)C. The van der Waals surface area contributed by atoms with Gasteiger partial charge in [-0.15, -0.1) is 0 Å². The summed E-state index contributed by atoms with van der Waals surface area (Å²) in [7, 11) is 3.85. The maximum Gasteiger partial charge on any atom is 0.0361 e. The highest BCUT2D eigenvalue weighted by Crippen LogP contribution is 2.05. The van der Waals surface area contributed by atoms with E-state index in [2.05, 4.69) is 6.58 Å². The molecule has 0 rings (SSSR count). The van der Waals surface area contributed by atoms with Gasteiger partial charge in [-0.3, -0.25) is 0 Å². The van der Waals surface area contributed by atoms with E-state index in [9.17, 15) is 0 Å². The van der Waals surface area contributed by atoms with Crippen LogP contribution in [-0.2, 0) is 0 Å². The van der Waals surface area contributed by atoms with Crippen LogP contribution in [0, 0.1) is 6.58 Å². The number of hydrogen-bond donors (Lipinski definition) is 0. The van der Waals surface area contributed by atoms with Crippen LogP contribution in [0.4, 0.5) is 0 Å². The van der Waals surface area contributed by atoms with E-state index in [0.717, 1.165) is 5.70 Å². The Morgan fingerprint density at radius 2 is 2.00 bits per heavy atom. The Bertz CT molecular complexity index is 224. The molecule has 0 spiro atoms. The predicted octanol–water partition coefficient (Wildman–Crippen LogP) is 2.73. The Morgan fingerprint density at radius 1 is 1.42 bits per heavy atom. The summed E-state index contributed by atoms with van der Waals surface area (Å²) in [6.45, 7) is 8.79. The second-order valence-electron chi connectivity index (χ2n) is 2.46. The highest BCUT2D eigenvalue weighted by atomic mass is 35.5. The normalized spacial score (nSPS) is 11.8. The zero-order valence-corrected chi connectivity index (χ0v) is 8.17. The Balaban J connectivity index is 4.44. The molecule has 1 radical (unpaired) electrons. The van der Waals surface area contributed by atoms with E-state index in [4.69, 9.17) is 18.2 Å². The second kappa shape index (κ2) is 5.67. The number of halogens is 1. The summed E-state index contributed by atoms with van der Waals surface area (Å²) in [6, 6.07) is 0. The van der Waals surface area contributed by atoms with Gasteiger partial charge in [-0.1, -0.05) is 30.8 Å². The summed E-state index contributed by atoms with van der Waals surface area (Å²) in [4.78, 5) is 1.93. The van der Waals surface area contributed by atoms with Gasteiger partial charge in [-0.25, -0.2) is 0 Å². The lowest BCUT2D eigenvalue weighted by Gasteiger charge is -2.12. The van der Waals surface area contributed by atoms with E-state index in [1.165, 1.54) is 6.08 Å². The fourth-order valence-electron chi connectivity index (χ4n) is 0.628. The molecule has 0 amide bonds. The molecule has 0 aromatic rings. The van der Waals surface area contributed by atoms with E-state index in [-0.39, 0.29) is 0 Å². The van der Waals surface area contributed by atoms with Crippen LogP contribution in [0.15, 0.2) is 41.6 Å². The number of rotatable bonds is 4. The van der Waals surface area contributed by atoms with Gasteiger partial charge in [0.05, 0.1) is 0 Å². The number of nitrogens with zero attached hydrogens (tertiary/aromatic N) is 1. The van der Waals surface area contributed by atoms with Gasteiger partial charge in [0.15, 0.2) is 0 Å². The molecule has 0 aliphatic heterocycles. The third kappa shape index (κ3) is 4.80. The molecule has 65 valence electrons. The number of likely N-dealkylation sites (N-methyl/N-ethyl adjacent to an activating group) is 1. The summed E-state index contributed by atoms with van der Waals surface area (Å²) in [6.07, 6.45) is 6.84. The minimum absolute atomic E-state index is 0.500. The molecule has 0 aromatic carbocycles. The average molecular weight is 183 g/mol. The molecule has 0 bridgehead atoms. The highest BCUT2D eigenvalue weighted by Gasteiger charge is 1.91. The average Bonchev–Trinajstić information content (AvgIpc) is 1.96. The molecule has 0 fully saturated rings. The van der Waals surface area contributed by atoms with Crippen molar-refractivity contribution in [1.29, 1.82) is 0 Å². The lowest BCUT2D eigenvalue weighted by molar-refractivity contribution is 0.530. The molecular weight excluding hydrogens is 170 g/mol. The molecule has 0 atom stereocenters. The lowest BCUT2D eigenvalue weighted by Crippen LogP contribution is -2.08. The third-order valence-corrected chi connectivity index (χ3v) is 1.34. The van der Waals surface area contributed by atoms with Crippen LogP contribution in [-0.4, -0.2) is 19.0 Å². The molecule has 0 aromatic heterocycles. The first-order chi connectivity index (χ1) is 5.57. The summed E-state index contributed by atoms with van der Waals surface area (Å²) in [5, 5.41) is 0.500. The Morgan fingerprint density at radius 3 is 2.33 bits per heavy atom. The van der Waals surface area contributed by atoms with Crippen molar-refractivity contribution in [2.75, 3.05) is 14.1 Å². The van der Waals surface area contributed by atoms with Crippen molar-refractivity contribution < 1.29 is 0 Å². The maximum atomic E-state index is 5.56. The van der Waals surface area contributed by atoms with Crippen LogP contribution in [0.1, 0.15) is 0 Å². The van der Waals surface area contributed by atoms with E-state index in [1.54, 1.807) is 12.2 Å². The van der Waals surface area contributed by atoms with Crippen molar-refractivity contribution in [3.63, 3.8) is 0 Å². The van der Waals surface area contributed by atoms with Crippen molar-refractivity contribution in [2.24, 2.45) is 0 Å². The first-order valence-corrected chi connectivity index (χ1v) is 3.90. The van der Waals surface area contributed by atoms with Crippen LogP contribution in [0.3, 0.4) is 0 Å². The van der Waals surface area contributed by atoms with Gasteiger partial charge in [0.25, 0.3) is 0 Å². The van der Waals surface area contributed by atoms with E-state index >= 15 is 0 Å². The zero-order valence-electron chi connectivity index (χ0n) is 7.42. The monoisotopic (exact) mass is 182 g/mol. The smallest absolute Gasteiger partial charge is 0.0361 e. The van der Waals surface area contributed by atoms with Crippen LogP contribution >= 0.6 is 11.6 Å². The molecule has 12 heavy (non-hydrogen) atoms. The van der Waals surface area contributed by atoms with Crippen molar-refractivity contribution in [3.05, 3.63) is 48.2 Å². The van der Waals surface area contributed by atoms with Crippen LogP contribution < -0.4 is 0 Å². The van der Waals surface area contributed by atoms with Gasteiger partial charge in [0.1, 0.15) is 0 Å². The molecule has 0 aliphatic carbocycles. The fraction of sp³-hybridized carbons (Fsp3) is 0.200. The maximum absolute atomic E-state index is 5.56. The summed E-state index contributed by atoms with van der Waals surface area (Å²) >= 11 is 5.56. The van der Waals surface area contributed by atoms with Crippen molar-refractivity contribution in [1.82, 2.24) is 4.90 Å². The molecule has 0 heterocycles. The highest BCUT2D eigenvalue weighted by molar-refractivity contribution is 6.30. The Kier molecular flexibility index (Phi) is 5.22. The number of allylic oxidation sites excluding steroid dienone is 5. The van der Waals surface area contributed by atoms with Gasteiger partial charge >= 0.3 is 0 Å². The number of hydrogen-bond acceptors (Lipinski definition) is 1. The quantitative estimate of drug-likeness (QED) is 0.605. The molecule has 0 saturated carbocycles. The fourth-order valence-corrected chi connectivity index (χ4v) is 0.691. The Hall–Kier alpha value is -0.950. The first kappa shape index (κ1) is 11.1. The molecule has 0 N–H and O–H groups in total. The van der Waals surface area contributed by atoms with Gasteiger partial charge in [-0.05, 0) is 18.2 Å². The predicted molar refractivity (Wildman–Crippen MR) is 54.8 cm³/mol. The Labute approximate surface area is 79.3 Å². The zero-order chi connectivity index (χ0) is 9.56. The topological polar surface area (TPSA) is 3.24 Å². The summed E-state index contributed by atoms with van der Waals surface area (Å²) in [5.41, 5.74) is 0.972. The van der Waals surface area contributed by atoms with Gasteiger partial charge in [-0.2, -0.15) is 0 Å². The standard InChI is InChI=1S/C10H13ClN/c1-5-6-10(12(3)4)8-7-9(2)11/h1,5-8H,2H2,3-4H3. The minimum atomic E-state index is 0.500. The molecular formula is C10H13ClN. The first-order valence-electron chi connectivity index (χ1n) is 3.53. The molecule has 1 nitrogen and oxygen atoms in total. The van der Waals surface area contributed by atoms with Gasteiger partial charge in [0, 0.05) is 24.8 Å². The van der Waals surface area contributed by atoms with E-state index < -0.39 is 0 Å². The molecule has 2 heteroatoms. The second-order valence-corrected chi connectivity index (χ2v) is 2.94. The van der Waals surface area contributed by atoms with Crippen molar-refractivity contribution in [3.8, 4) is 0 Å². The molecule has 0 unspecified atom stereocenters. The lowest BCUT2D eigenvalue weighted by atomic mass is 10.3.